The molecule has 1 aliphatic rings. The molecule has 1 fully saturated rings. The Morgan fingerprint density at radius 3 is 2.31 bits per heavy atom. The number of benzene rings is 2. The van der Waals surface area contributed by atoms with E-state index >= 15 is 0 Å². The molecule has 0 bridgehead atoms. The molecule has 0 saturated carbocycles. The summed E-state index contributed by atoms with van der Waals surface area (Å²) in [5.41, 5.74) is 3.10. The highest BCUT2D eigenvalue weighted by Gasteiger charge is 2.35. The largest absolute Gasteiger partial charge is 0.446 e. The standard InChI is InChI=1S/C19H19F3N2OS/c20-19(21,22)26-16-8-6-14(7-9-16)18(25)24-11-15(10-23)17(12-24)13-4-2-1-3-5-13/h1-9,15,17H,10-12,23H2/t15-,17+/m1/s1. The Kier molecular flexibility index (Phi) is 5.58. The highest BCUT2D eigenvalue weighted by molar-refractivity contribution is 8.00. The SMILES string of the molecule is NC[C@@H]1CN(C(=O)c2ccc(SC(F)(F)F)cc2)C[C@H]1c1ccccc1. The minimum atomic E-state index is -4.34. The summed E-state index contributed by atoms with van der Waals surface area (Å²) in [6.45, 7) is 1.59. The number of carbonyl (C=O) groups excluding carboxylic acids is 1. The number of nitrogens with two attached hydrogens (primary N) is 1. The zero-order chi connectivity index (χ0) is 18.7. The number of hydrogen-bond donors (Lipinski definition) is 1. The van der Waals surface area contributed by atoms with Gasteiger partial charge in [0.1, 0.15) is 0 Å². The molecule has 2 atom stereocenters. The Hall–Kier alpha value is -1.99. The van der Waals surface area contributed by atoms with Crippen LogP contribution in [0.2, 0.25) is 0 Å². The zero-order valence-corrected chi connectivity index (χ0v) is 14.8. The highest BCUT2D eigenvalue weighted by atomic mass is 32.2. The fourth-order valence-electron chi connectivity index (χ4n) is 3.34. The van der Waals surface area contributed by atoms with Gasteiger partial charge in [0.15, 0.2) is 0 Å². The van der Waals surface area contributed by atoms with E-state index in [0.717, 1.165) is 5.56 Å². The molecule has 26 heavy (non-hydrogen) atoms. The number of alkyl halides is 3. The number of likely N-dealkylation sites (tertiary alicyclic amines) is 1. The molecule has 2 N–H and O–H groups in total. The molecule has 1 aliphatic heterocycles. The van der Waals surface area contributed by atoms with Crippen LogP contribution in [0.25, 0.3) is 0 Å². The topological polar surface area (TPSA) is 46.3 Å². The summed E-state index contributed by atoms with van der Waals surface area (Å²) in [5.74, 6) is 0.164. The zero-order valence-electron chi connectivity index (χ0n) is 13.9. The van der Waals surface area contributed by atoms with E-state index in [0.29, 0.717) is 25.2 Å². The Bertz CT molecular complexity index is 750. The Morgan fingerprint density at radius 1 is 1.08 bits per heavy atom. The first kappa shape index (κ1) is 18.8. The molecular weight excluding hydrogens is 361 g/mol. The van der Waals surface area contributed by atoms with E-state index in [2.05, 4.69) is 0 Å². The lowest BCUT2D eigenvalue weighted by molar-refractivity contribution is -0.0328. The maximum absolute atomic E-state index is 12.7. The normalized spacial score (nSPS) is 20.4. The summed E-state index contributed by atoms with van der Waals surface area (Å²) >= 11 is -0.186. The first-order chi connectivity index (χ1) is 12.4. The average molecular weight is 380 g/mol. The fourth-order valence-corrected chi connectivity index (χ4v) is 3.87. The van der Waals surface area contributed by atoms with E-state index in [1.165, 1.54) is 24.3 Å². The Balaban J connectivity index is 1.72. The lowest BCUT2D eigenvalue weighted by atomic mass is 9.89. The van der Waals surface area contributed by atoms with Crippen LogP contribution < -0.4 is 5.73 Å². The van der Waals surface area contributed by atoms with Crippen molar-refractivity contribution in [2.24, 2.45) is 11.7 Å². The number of carbonyl (C=O) groups is 1. The monoisotopic (exact) mass is 380 g/mol. The lowest BCUT2D eigenvalue weighted by Crippen LogP contribution is -2.29. The molecule has 7 heteroatoms. The van der Waals surface area contributed by atoms with Gasteiger partial charge in [0.05, 0.1) is 0 Å². The summed E-state index contributed by atoms with van der Waals surface area (Å²) in [6, 6.07) is 15.5. The van der Waals surface area contributed by atoms with Crippen molar-refractivity contribution in [3.8, 4) is 0 Å². The lowest BCUT2D eigenvalue weighted by Gasteiger charge is -2.17. The van der Waals surface area contributed by atoms with E-state index in [-0.39, 0.29) is 34.4 Å². The van der Waals surface area contributed by atoms with Gasteiger partial charge >= 0.3 is 5.51 Å². The van der Waals surface area contributed by atoms with Crippen molar-refractivity contribution in [2.75, 3.05) is 19.6 Å². The van der Waals surface area contributed by atoms with Crippen LogP contribution in [0, 0.1) is 5.92 Å². The third kappa shape index (κ3) is 4.40. The van der Waals surface area contributed by atoms with Gasteiger partial charge in [0.2, 0.25) is 0 Å². The minimum Gasteiger partial charge on any atom is -0.338 e. The van der Waals surface area contributed by atoms with Crippen LogP contribution >= 0.6 is 11.8 Å². The van der Waals surface area contributed by atoms with Crippen LogP contribution in [-0.4, -0.2) is 35.9 Å². The van der Waals surface area contributed by atoms with Crippen LogP contribution in [0.15, 0.2) is 59.5 Å². The molecule has 0 unspecified atom stereocenters. The molecule has 1 saturated heterocycles. The van der Waals surface area contributed by atoms with Crippen LogP contribution in [0.5, 0.6) is 0 Å². The average Bonchev–Trinajstić information content (AvgIpc) is 3.05. The van der Waals surface area contributed by atoms with Crippen molar-refractivity contribution in [3.63, 3.8) is 0 Å². The maximum Gasteiger partial charge on any atom is 0.446 e. The van der Waals surface area contributed by atoms with E-state index < -0.39 is 5.51 Å². The van der Waals surface area contributed by atoms with Crippen molar-refractivity contribution in [3.05, 3.63) is 65.7 Å². The van der Waals surface area contributed by atoms with Gasteiger partial charge in [-0.3, -0.25) is 4.79 Å². The second kappa shape index (κ2) is 7.72. The van der Waals surface area contributed by atoms with Gasteiger partial charge in [0.25, 0.3) is 5.91 Å². The smallest absolute Gasteiger partial charge is 0.338 e. The maximum atomic E-state index is 12.7. The van der Waals surface area contributed by atoms with Gasteiger partial charge in [-0.25, -0.2) is 0 Å². The molecular formula is C19H19F3N2OS. The van der Waals surface area contributed by atoms with Gasteiger partial charge in [-0.2, -0.15) is 13.2 Å². The Morgan fingerprint density at radius 2 is 1.73 bits per heavy atom. The Labute approximate surface area is 154 Å². The van der Waals surface area contributed by atoms with Gasteiger partial charge in [-0.05, 0) is 54.1 Å². The van der Waals surface area contributed by atoms with Crippen LogP contribution in [-0.2, 0) is 0 Å². The summed E-state index contributed by atoms with van der Waals surface area (Å²) in [6.07, 6.45) is 0. The van der Waals surface area contributed by atoms with Crippen LogP contribution in [0.4, 0.5) is 13.2 Å². The minimum absolute atomic E-state index is 0.0671. The second-order valence-corrected chi connectivity index (χ2v) is 7.43. The number of halogens is 3. The third-order valence-electron chi connectivity index (χ3n) is 4.59. The number of amides is 1. The second-order valence-electron chi connectivity index (χ2n) is 6.30. The van der Waals surface area contributed by atoms with Crippen molar-refractivity contribution >= 4 is 17.7 Å². The fraction of sp³-hybridized carbons (Fsp3) is 0.316. The number of nitrogens with zero attached hydrogens (tertiary/aromatic N) is 1. The predicted octanol–water partition coefficient (Wildman–Crippen LogP) is 4.11. The summed E-state index contributed by atoms with van der Waals surface area (Å²) in [5, 5.41) is 0. The van der Waals surface area contributed by atoms with Crippen LogP contribution in [0.3, 0.4) is 0 Å². The molecule has 1 heterocycles. The van der Waals surface area contributed by atoms with E-state index in [1.54, 1.807) is 4.90 Å². The molecule has 1 amide bonds. The first-order valence-electron chi connectivity index (χ1n) is 8.27. The van der Waals surface area contributed by atoms with Gasteiger partial charge < -0.3 is 10.6 Å². The molecule has 0 aliphatic carbocycles. The van der Waals surface area contributed by atoms with Crippen molar-refractivity contribution in [2.45, 2.75) is 16.3 Å². The molecule has 0 spiro atoms. The van der Waals surface area contributed by atoms with Gasteiger partial charge in [0, 0.05) is 29.5 Å². The number of thioether (sulfide) groups is 1. The summed E-state index contributed by atoms with van der Waals surface area (Å²) in [4.78, 5) is 14.5. The molecule has 2 aromatic rings. The first-order valence-corrected chi connectivity index (χ1v) is 9.09. The van der Waals surface area contributed by atoms with Crippen molar-refractivity contribution < 1.29 is 18.0 Å². The van der Waals surface area contributed by atoms with Crippen molar-refractivity contribution in [1.82, 2.24) is 4.90 Å². The quantitative estimate of drug-likeness (QED) is 0.812. The predicted molar refractivity (Wildman–Crippen MR) is 96.0 cm³/mol. The van der Waals surface area contributed by atoms with Crippen LogP contribution in [0.1, 0.15) is 21.8 Å². The summed E-state index contributed by atoms with van der Waals surface area (Å²) < 4.78 is 37.2. The molecule has 3 rings (SSSR count). The van der Waals surface area contributed by atoms with Gasteiger partial charge in [-0.15, -0.1) is 0 Å². The molecule has 2 aromatic carbocycles. The number of hydrogen-bond acceptors (Lipinski definition) is 3. The number of rotatable bonds is 4. The molecule has 3 nitrogen and oxygen atoms in total. The van der Waals surface area contributed by atoms with E-state index in [1.807, 2.05) is 30.3 Å². The van der Waals surface area contributed by atoms with E-state index in [9.17, 15) is 18.0 Å². The van der Waals surface area contributed by atoms with E-state index in [4.69, 9.17) is 5.73 Å². The third-order valence-corrected chi connectivity index (χ3v) is 5.33. The molecule has 0 aromatic heterocycles. The van der Waals surface area contributed by atoms with Crippen molar-refractivity contribution in [1.29, 1.82) is 0 Å². The molecule has 0 radical (unpaired) electrons. The molecule has 138 valence electrons. The van der Waals surface area contributed by atoms with Gasteiger partial charge in [-0.1, -0.05) is 30.3 Å². The highest BCUT2D eigenvalue weighted by Crippen LogP contribution is 2.37. The summed E-state index contributed by atoms with van der Waals surface area (Å²) in [7, 11) is 0.